The molecule has 1 aromatic rings. The summed E-state index contributed by atoms with van der Waals surface area (Å²) < 4.78 is 0. The fraction of sp³-hybridized carbons (Fsp3) is 0.625. The van der Waals surface area contributed by atoms with Gasteiger partial charge in [-0.2, -0.15) is 0 Å². The van der Waals surface area contributed by atoms with Gasteiger partial charge in [-0.25, -0.2) is 0 Å². The van der Waals surface area contributed by atoms with Crippen LogP contribution in [0, 0.1) is 5.92 Å². The summed E-state index contributed by atoms with van der Waals surface area (Å²) in [5.41, 5.74) is 9.02. The number of hydrogen-bond donors (Lipinski definition) is 1. The van der Waals surface area contributed by atoms with Crippen LogP contribution in [0.25, 0.3) is 0 Å². The molecule has 0 aliphatic heterocycles. The molecule has 2 rings (SSSR count). The summed E-state index contributed by atoms with van der Waals surface area (Å²) >= 11 is 0. The maximum absolute atomic E-state index is 6.30. The van der Waals surface area contributed by atoms with Crippen molar-refractivity contribution in [1.29, 1.82) is 0 Å². The zero-order chi connectivity index (χ0) is 12.1. The van der Waals surface area contributed by atoms with Gasteiger partial charge in [-0.3, -0.25) is 0 Å². The minimum Gasteiger partial charge on any atom is -0.324 e. The van der Waals surface area contributed by atoms with Crippen LogP contribution in [0.1, 0.15) is 62.6 Å². The van der Waals surface area contributed by atoms with E-state index in [1.807, 2.05) is 0 Å². The summed E-state index contributed by atoms with van der Waals surface area (Å²) in [5, 5.41) is 0. The van der Waals surface area contributed by atoms with Gasteiger partial charge in [-0.15, -0.1) is 0 Å². The average molecular weight is 231 g/mol. The third-order valence-electron chi connectivity index (χ3n) is 4.15. The molecule has 1 saturated carbocycles. The highest BCUT2D eigenvalue weighted by Gasteiger charge is 2.16. The number of hydrogen-bond acceptors (Lipinski definition) is 1. The molecule has 17 heavy (non-hydrogen) atoms. The Kier molecular flexibility index (Phi) is 4.61. The van der Waals surface area contributed by atoms with Gasteiger partial charge in [0.15, 0.2) is 0 Å². The Balaban J connectivity index is 1.87. The Morgan fingerprint density at radius 2 is 2.06 bits per heavy atom. The Morgan fingerprint density at radius 1 is 1.29 bits per heavy atom. The molecule has 1 nitrogen and oxygen atoms in total. The van der Waals surface area contributed by atoms with Crippen molar-refractivity contribution in [1.82, 2.24) is 0 Å². The second-order valence-electron chi connectivity index (χ2n) is 5.43. The Bertz CT molecular complexity index is 339. The summed E-state index contributed by atoms with van der Waals surface area (Å²) in [5.74, 6) is 0.954. The highest BCUT2D eigenvalue weighted by molar-refractivity contribution is 5.25. The van der Waals surface area contributed by atoms with Crippen molar-refractivity contribution in [2.45, 2.75) is 57.9 Å². The largest absolute Gasteiger partial charge is 0.324 e. The van der Waals surface area contributed by atoms with E-state index in [1.165, 1.54) is 43.2 Å². The summed E-state index contributed by atoms with van der Waals surface area (Å²) in [6.45, 7) is 2.20. The Hall–Kier alpha value is -0.820. The summed E-state index contributed by atoms with van der Waals surface area (Å²) in [7, 11) is 0. The van der Waals surface area contributed by atoms with Crippen LogP contribution in [-0.4, -0.2) is 0 Å². The first-order valence-corrected chi connectivity index (χ1v) is 7.14. The minimum absolute atomic E-state index is 0.238. The molecule has 1 unspecified atom stereocenters. The lowest BCUT2D eigenvalue weighted by Crippen LogP contribution is -2.12. The predicted octanol–water partition coefficient (Wildman–Crippen LogP) is 4.22. The average Bonchev–Trinajstić information content (AvgIpc) is 2.89. The van der Waals surface area contributed by atoms with Crippen molar-refractivity contribution >= 4 is 0 Å². The lowest BCUT2D eigenvalue weighted by molar-refractivity contribution is 0.454. The maximum atomic E-state index is 6.30. The number of aryl methyl sites for hydroxylation is 1. The molecule has 1 fully saturated rings. The predicted molar refractivity (Wildman–Crippen MR) is 73.9 cm³/mol. The van der Waals surface area contributed by atoms with Gasteiger partial charge in [0.25, 0.3) is 0 Å². The molecular weight excluding hydrogens is 206 g/mol. The van der Waals surface area contributed by atoms with Crippen molar-refractivity contribution in [2.24, 2.45) is 11.7 Å². The smallest absolute Gasteiger partial charge is 0.0295 e. The van der Waals surface area contributed by atoms with Crippen LogP contribution in [-0.2, 0) is 6.42 Å². The van der Waals surface area contributed by atoms with Crippen molar-refractivity contribution in [3.8, 4) is 0 Å². The SMILES string of the molecule is CCc1cccc(C(N)CCC2CCCC2)c1. The second-order valence-corrected chi connectivity index (χ2v) is 5.43. The van der Waals surface area contributed by atoms with E-state index in [2.05, 4.69) is 31.2 Å². The number of nitrogens with two attached hydrogens (primary N) is 1. The second kappa shape index (κ2) is 6.20. The van der Waals surface area contributed by atoms with E-state index in [4.69, 9.17) is 5.73 Å². The normalized spacial score (nSPS) is 18.5. The first kappa shape index (κ1) is 12.6. The monoisotopic (exact) mass is 231 g/mol. The van der Waals surface area contributed by atoms with Crippen molar-refractivity contribution < 1.29 is 0 Å². The lowest BCUT2D eigenvalue weighted by Gasteiger charge is -2.15. The molecule has 0 aromatic heterocycles. The number of benzene rings is 1. The maximum Gasteiger partial charge on any atom is 0.0295 e. The van der Waals surface area contributed by atoms with Crippen LogP contribution < -0.4 is 5.73 Å². The fourth-order valence-electron chi connectivity index (χ4n) is 2.92. The molecule has 1 heteroatoms. The van der Waals surface area contributed by atoms with Crippen LogP contribution in [0.15, 0.2) is 24.3 Å². The van der Waals surface area contributed by atoms with Gasteiger partial charge in [0, 0.05) is 6.04 Å². The molecular formula is C16H25N. The molecule has 0 radical (unpaired) electrons. The summed E-state index contributed by atoms with van der Waals surface area (Å²) in [4.78, 5) is 0. The number of rotatable bonds is 5. The van der Waals surface area contributed by atoms with E-state index < -0.39 is 0 Å². The van der Waals surface area contributed by atoms with Crippen LogP contribution >= 0.6 is 0 Å². The van der Waals surface area contributed by atoms with Crippen LogP contribution in [0.2, 0.25) is 0 Å². The lowest BCUT2D eigenvalue weighted by atomic mass is 9.94. The Labute approximate surface area is 105 Å². The molecule has 1 aliphatic rings. The zero-order valence-electron chi connectivity index (χ0n) is 11.0. The molecule has 94 valence electrons. The van der Waals surface area contributed by atoms with E-state index in [9.17, 15) is 0 Å². The van der Waals surface area contributed by atoms with E-state index in [1.54, 1.807) is 0 Å². The topological polar surface area (TPSA) is 26.0 Å². The Morgan fingerprint density at radius 3 is 2.76 bits per heavy atom. The van der Waals surface area contributed by atoms with Crippen LogP contribution in [0.5, 0.6) is 0 Å². The summed E-state index contributed by atoms with van der Waals surface area (Å²) in [6.07, 6.45) is 9.30. The van der Waals surface area contributed by atoms with E-state index in [0.717, 1.165) is 18.8 Å². The third kappa shape index (κ3) is 3.57. The molecule has 0 amide bonds. The first-order valence-electron chi connectivity index (χ1n) is 7.14. The first-order chi connectivity index (χ1) is 8.29. The minimum atomic E-state index is 0.238. The van der Waals surface area contributed by atoms with Gasteiger partial charge in [-0.1, -0.05) is 56.9 Å². The van der Waals surface area contributed by atoms with E-state index in [-0.39, 0.29) is 6.04 Å². The molecule has 1 aliphatic carbocycles. The molecule has 1 atom stereocenters. The van der Waals surface area contributed by atoms with E-state index in [0.29, 0.717) is 0 Å². The highest BCUT2D eigenvalue weighted by Crippen LogP contribution is 2.30. The van der Waals surface area contributed by atoms with Crippen LogP contribution in [0.4, 0.5) is 0 Å². The van der Waals surface area contributed by atoms with Gasteiger partial charge in [-0.05, 0) is 36.3 Å². The standard InChI is InChI=1S/C16H25N/c1-2-13-8-5-9-15(12-13)16(17)11-10-14-6-3-4-7-14/h5,8-9,12,14,16H,2-4,6-7,10-11,17H2,1H3. The fourth-order valence-corrected chi connectivity index (χ4v) is 2.92. The molecule has 0 spiro atoms. The molecule has 2 N–H and O–H groups in total. The van der Waals surface area contributed by atoms with Gasteiger partial charge < -0.3 is 5.73 Å². The van der Waals surface area contributed by atoms with Gasteiger partial charge in [0.05, 0.1) is 0 Å². The third-order valence-corrected chi connectivity index (χ3v) is 4.15. The zero-order valence-corrected chi connectivity index (χ0v) is 11.0. The molecule has 0 bridgehead atoms. The van der Waals surface area contributed by atoms with Crippen molar-refractivity contribution in [3.63, 3.8) is 0 Å². The van der Waals surface area contributed by atoms with Crippen molar-refractivity contribution in [2.75, 3.05) is 0 Å². The molecule has 1 aromatic carbocycles. The van der Waals surface area contributed by atoms with Gasteiger partial charge >= 0.3 is 0 Å². The molecule has 0 heterocycles. The van der Waals surface area contributed by atoms with Gasteiger partial charge in [0.2, 0.25) is 0 Å². The van der Waals surface area contributed by atoms with Gasteiger partial charge in [0.1, 0.15) is 0 Å². The van der Waals surface area contributed by atoms with E-state index >= 15 is 0 Å². The van der Waals surface area contributed by atoms with Crippen molar-refractivity contribution in [3.05, 3.63) is 35.4 Å². The molecule has 0 saturated heterocycles. The van der Waals surface area contributed by atoms with Crippen LogP contribution in [0.3, 0.4) is 0 Å². The quantitative estimate of drug-likeness (QED) is 0.806. The summed E-state index contributed by atoms with van der Waals surface area (Å²) in [6, 6.07) is 9.02. The highest BCUT2D eigenvalue weighted by atomic mass is 14.6.